The zero-order valence-electron chi connectivity index (χ0n) is 12.3. The maximum Gasteiger partial charge on any atom is 0.262 e. The third kappa shape index (κ3) is 4.34. The molecule has 0 heterocycles. The molecular formula is C17H18N2O3. The Hall–Kier alpha value is -2.82. The van der Waals surface area contributed by atoms with E-state index < -0.39 is 5.91 Å². The summed E-state index contributed by atoms with van der Waals surface area (Å²) >= 11 is 0. The third-order valence-corrected chi connectivity index (χ3v) is 3.13. The summed E-state index contributed by atoms with van der Waals surface area (Å²) in [6, 6.07) is 14.0. The van der Waals surface area contributed by atoms with Crippen molar-refractivity contribution >= 4 is 17.5 Å². The van der Waals surface area contributed by atoms with Gasteiger partial charge in [0.15, 0.2) is 6.61 Å². The van der Waals surface area contributed by atoms with Gasteiger partial charge in [0.25, 0.3) is 5.91 Å². The van der Waals surface area contributed by atoms with E-state index in [9.17, 15) is 9.59 Å². The number of carbonyl (C=O) groups excluding carboxylic acids is 2. The predicted octanol–water partition coefficient (Wildman–Crippen LogP) is 2.37. The number of nitrogens with one attached hydrogen (secondary N) is 1. The third-order valence-electron chi connectivity index (χ3n) is 3.13. The molecule has 0 aliphatic rings. The van der Waals surface area contributed by atoms with E-state index in [4.69, 9.17) is 10.5 Å². The smallest absolute Gasteiger partial charge is 0.262 e. The minimum atomic E-state index is -0.503. The normalized spacial score (nSPS) is 10.0. The van der Waals surface area contributed by atoms with Crippen LogP contribution in [0.3, 0.4) is 0 Å². The summed E-state index contributed by atoms with van der Waals surface area (Å²) in [4.78, 5) is 22.8. The maximum absolute atomic E-state index is 11.8. The molecule has 0 atom stereocenters. The average molecular weight is 298 g/mol. The van der Waals surface area contributed by atoms with Gasteiger partial charge in [-0.3, -0.25) is 9.59 Å². The van der Waals surface area contributed by atoms with Gasteiger partial charge < -0.3 is 15.8 Å². The highest BCUT2D eigenvalue weighted by atomic mass is 16.5. The number of amides is 2. The fourth-order valence-corrected chi connectivity index (χ4v) is 1.92. The van der Waals surface area contributed by atoms with E-state index in [-0.39, 0.29) is 12.5 Å². The molecule has 0 saturated heterocycles. The van der Waals surface area contributed by atoms with E-state index in [0.29, 0.717) is 17.0 Å². The van der Waals surface area contributed by atoms with Crippen LogP contribution >= 0.6 is 0 Å². The monoisotopic (exact) mass is 298 g/mol. The second-order valence-corrected chi connectivity index (χ2v) is 4.78. The first-order chi connectivity index (χ1) is 10.6. The van der Waals surface area contributed by atoms with Crippen molar-refractivity contribution in [2.75, 3.05) is 11.9 Å². The number of rotatable bonds is 6. The van der Waals surface area contributed by atoms with Crippen LogP contribution in [0.15, 0.2) is 48.5 Å². The number of hydrogen-bond donors (Lipinski definition) is 2. The van der Waals surface area contributed by atoms with Crippen molar-refractivity contribution < 1.29 is 14.3 Å². The highest BCUT2D eigenvalue weighted by Gasteiger charge is 2.05. The molecule has 0 spiro atoms. The lowest BCUT2D eigenvalue weighted by Crippen LogP contribution is -2.20. The fourth-order valence-electron chi connectivity index (χ4n) is 1.92. The van der Waals surface area contributed by atoms with E-state index >= 15 is 0 Å². The number of benzene rings is 2. The van der Waals surface area contributed by atoms with Crippen molar-refractivity contribution in [3.63, 3.8) is 0 Å². The second kappa shape index (κ2) is 7.26. The number of carbonyl (C=O) groups is 2. The lowest BCUT2D eigenvalue weighted by molar-refractivity contribution is -0.118. The molecule has 0 unspecified atom stereocenters. The molecule has 0 radical (unpaired) electrons. The molecule has 0 bridgehead atoms. The molecule has 5 nitrogen and oxygen atoms in total. The number of hydrogen-bond acceptors (Lipinski definition) is 3. The first-order valence-electron chi connectivity index (χ1n) is 7.00. The Kier molecular flexibility index (Phi) is 5.14. The highest BCUT2D eigenvalue weighted by molar-refractivity contribution is 5.95. The van der Waals surface area contributed by atoms with Crippen LogP contribution < -0.4 is 15.8 Å². The van der Waals surface area contributed by atoms with Crippen molar-refractivity contribution in [1.82, 2.24) is 0 Å². The SMILES string of the molecule is CCc1cccc(OCC(=O)Nc2ccc(C(N)=O)cc2)c1. The quantitative estimate of drug-likeness (QED) is 0.859. The van der Waals surface area contributed by atoms with Gasteiger partial charge >= 0.3 is 0 Å². The Morgan fingerprint density at radius 2 is 1.86 bits per heavy atom. The van der Waals surface area contributed by atoms with Crippen molar-refractivity contribution in [2.45, 2.75) is 13.3 Å². The molecule has 0 fully saturated rings. The Morgan fingerprint density at radius 1 is 1.14 bits per heavy atom. The lowest BCUT2D eigenvalue weighted by Gasteiger charge is -2.08. The molecule has 0 saturated carbocycles. The Labute approximate surface area is 129 Å². The molecule has 3 N–H and O–H groups in total. The van der Waals surface area contributed by atoms with Gasteiger partial charge in [-0.15, -0.1) is 0 Å². The Bertz CT molecular complexity index is 666. The van der Waals surface area contributed by atoms with Crippen LogP contribution in [0.4, 0.5) is 5.69 Å². The van der Waals surface area contributed by atoms with Crippen LogP contribution in [0.1, 0.15) is 22.8 Å². The molecule has 2 aromatic carbocycles. The van der Waals surface area contributed by atoms with E-state index in [0.717, 1.165) is 12.0 Å². The molecule has 0 aliphatic carbocycles. The molecule has 2 aromatic rings. The van der Waals surface area contributed by atoms with Crippen LogP contribution in [0.5, 0.6) is 5.75 Å². The number of nitrogens with two attached hydrogens (primary N) is 1. The average Bonchev–Trinajstić information content (AvgIpc) is 2.53. The molecule has 0 aromatic heterocycles. The molecule has 2 amide bonds. The van der Waals surface area contributed by atoms with Crippen molar-refractivity contribution in [2.24, 2.45) is 5.73 Å². The lowest BCUT2D eigenvalue weighted by atomic mass is 10.2. The van der Waals surface area contributed by atoms with Gasteiger partial charge in [0, 0.05) is 11.3 Å². The van der Waals surface area contributed by atoms with Gasteiger partial charge in [0.05, 0.1) is 0 Å². The summed E-state index contributed by atoms with van der Waals surface area (Å²) in [5.74, 6) is -0.107. The topological polar surface area (TPSA) is 81.4 Å². The Balaban J connectivity index is 1.88. The summed E-state index contributed by atoms with van der Waals surface area (Å²) in [7, 11) is 0. The molecule has 22 heavy (non-hydrogen) atoms. The molecule has 114 valence electrons. The van der Waals surface area contributed by atoms with Crippen molar-refractivity contribution in [3.8, 4) is 5.75 Å². The molecule has 0 aliphatic heterocycles. The number of primary amides is 1. The molecule has 2 rings (SSSR count). The minimum absolute atomic E-state index is 0.0786. The fraction of sp³-hybridized carbons (Fsp3) is 0.176. The second-order valence-electron chi connectivity index (χ2n) is 4.78. The van der Waals surface area contributed by atoms with Crippen LogP contribution in [-0.2, 0) is 11.2 Å². The summed E-state index contributed by atoms with van der Waals surface area (Å²) in [5, 5.41) is 2.69. The number of ether oxygens (including phenoxy) is 1. The summed E-state index contributed by atoms with van der Waals surface area (Å²) in [5.41, 5.74) is 7.29. The van der Waals surface area contributed by atoms with Gasteiger partial charge in [-0.05, 0) is 48.4 Å². The van der Waals surface area contributed by atoms with Crippen LogP contribution in [0.25, 0.3) is 0 Å². The number of aryl methyl sites for hydroxylation is 1. The Morgan fingerprint density at radius 3 is 2.50 bits per heavy atom. The van der Waals surface area contributed by atoms with Crippen LogP contribution in [-0.4, -0.2) is 18.4 Å². The van der Waals surface area contributed by atoms with E-state index in [1.165, 1.54) is 0 Å². The van der Waals surface area contributed by atoms with E-state index in [1.807, 2.05) is 24.3 Å². The van der Waals surface area contributed by atoms with Gasteiger partial charge in [0.2, 0.25) is 5.91 Å². The minimum Gasteiger partial charge on any atom is -0.484 e. The predicted molar refractivity (Wildman–Crippen MR) is 84.9 cm³/mol. The first kappa shape index (κ1) is 15.6. The zero-order chi connectivity index (χ0) is 15.9. The highest BCUT2D eigenvalue weighted by Crippen LogP contribution is 2.14. The van der Waals surface area contributed by atoms with Gasteiger partial charge in [-0.1, -0.05) is 19.1 Å². The van der Waals surface area contributed by atoms with Crippen LogP contribution in [0.2, 0.25) is 0 Å². The van der Waals surface area contributed by atoms with Crippen molar-refractivity contribution in [1.29, 1.82) is 0 Å². The summed E-state index contributed by atoms with van der Waals surface area (Å²) in [6.07, 6.45) is 0.912. The van der Waals surface area contributed by atoms with E-state index in [1.54, 1.807) is 24.3 Å². The largest absolute Gasteiger partial charge is 0.484 e. The van der Waals surface area contributed by atoms with Gasteiger partial charge in [-0.2, -0.15) is 0 Å². The molecule has 5 heteroatoms. The van der Waals surface area contributed by atoms with Gasteiger partial charge in [-0.25, -0.2) is 0 Å². The van der Waals surface area contributed by atoms with Crippen molar-refractivity contribution in [3.05, 3.63) is 59.7 Å². The van der Waals surface area contributed by atoms with E-state index in [2.05, 4.69) is 12.2 Å². The first-order valence-corrected chi connectivity index (χ1v) is 7.00. The molecular weight excluding hydrogens is 280 g/mol. The number of anilines is 1. The van der Waals surface area contributed by atoms with Gasteiger partial charge in [0.1, 0.15) is 5.75 Å². The summed E-state index contributed by atoms with van der Waals surface area (Å²) < 4.78 is 5.46. The maximum atomic E-state index is 11.8. The zero-order valence-corrected chi connectivity index (χ0v) is 12.3. The standard InChI is InChI=1S/C17H18N2O3/c1-2-12-4-3-5-15(10-12)22-11-16(20)19-14-8-6-13(7-9-14)17(18)21/h3-10H,2,11H2,1H3,(H2,18,21)(H,19,20). The summed E-state index contributed by atoms with van der Waals surface area (Å²) in [6.45, 7) is 1.98. The van der Waals surface area contributed by atoms with Crippen LogP contribution in [0, 0.1) is 0 Å².